The van der Waals surface area contributed by atoms with Gasteiger partial charge in [0.05, 0.1) is 14.2 Å². The molecule has 0 N–H and O–H groups in total. The average molecular weight is 164 g/mol. The molecular weight excluding hydrogens is 155 g/mol. The molecule has 0 spiro atoms. The number of methoxy groups -OCH3 is 2. The predicted molar refractivity (Wildman–Crippen MR) is 36.2 cm³/mol. The van der Waals surface area contributed by atoms with Crippen molar-refractivity contribution < 1.29 is 40.5 Å². The van der Waals surface area contributed by atoms with Crippen LogP contribution in [0.15, 0.2) is 12.3 Å². The van der Waals surface area contributed by atoms with E-state index in [-0.39, 0.29) is 31.0 Å². The summed E-state index contributed by atoms with van der Waals surface area (Å²) >= 11 is 0. The minimum atomic E-state index is 0. The van der Waals surface area contributed by atoms with Crippen molar-refractivity contribution in [3.63, 3.8) is 0 Å². The Labute approximate surface area is 88.7 Å². The molecular formula is C6H9N2NaO2. The number of rotatable bonds is 2. The van der Waals surface area contributed by atoms with Crippen molar-refractivity contribution in [1.82, 2.24) is 9.97 Å². The van der Waals surface area contributed by atoms with Gasteiger partial charge in [-0.2, -0.15) is 4.98 Å². The number of nitrogens with zero attached hydrogens (tertiary/aromatic N) is 2. The molecule has 0 aromatic carbocycles. The Morgan fingerprint density at radius 2 is 2.09 bits per heavy atom. The maximum absolute atomic E-state index is 4.83. The van der Waals surface area contributed by atoms with Crippen LogP contribution < -0.4 is 39.0 Å². The third-order valence-electron chi connectivity index (χ3n) is 1.000. The summed E-state index contributed by atoms with van der Waals surface area (Å²) in [6.07, 6.45) is 1.57. The first-order chi connectivity index (χ1) is 4.86. The molecule has 0 aliphatic heterocycles. The van der Waals surface area contributed by atoms with Crippen LogP contribution in [0.5, 0.6) is 11.9 Å². The SMILES string of the molecule is COc1ccnc(OC)n1.[H-].[Na+]. The summed E-state index contributed by atoms with van der Waals surface area (Å²) in [7, 11) is 3.05. The van der Waals surface area contributed by atoms with E-state index in [9.17, 15) is 0 Å². The van der Waals surface area contributed by atoms with E-state index in [1.165, 1.54) is 7.11 Å². The van der Waals surface area contributed by atoms with Crippen molar-refractivity contribution in [2.45, 2.75) is 0 Å². The Bertz CT molecular complexity index is 205. The fraction of sp³-hybridized carbons (Fsp3) is 0.333. The fourth-order valence-electron chi connectivity index (χ4n) is 0.537. The van der Waals surface area contributed by atoms with Gasteiger partial charge < -0.3 is 10.9 Å². The Morgan fingerprint density at radius 1 is 1.36 bits per heavy atom. The molecule has 1 aromatic rings. The predicted octanol–water partition coefficient (Wildman–Crippen LogP) is -2.39. The van der Waals surface area contributed by atoms with Gasteiger partial charge in [0, 0.05) is 12.3 Å². The minimum absolute atomic E-state index is 0. The second-order valence-corrected chi connectivity index (χ2v) is 1.59. The van der Waals surface area contributed by atoms with Gasteiger partial charge in [-0.25, -0.2) is 4.98 Å². The summed E-state index contributed by atoms with van der Waals surface area (Å²) in [5, 5.41) is 0. The second kappa shape index (κ2) is 5.35. The van der Waals surface area contributed by atoms with E-state index in [1.807, 2.05) is 0 Å². The van der Waals surface area contributed by atoms with E-state index >= 15 is 0 Å². The first-order valence-electron chi connectivity index (χ1n) is 2.78. The molecule has 56 valence electrons. The van der Waals surface area contributed by atoms with Crippen LogP contribution in [0.1, 0.15) is 1.43 Å². The molecule has 0 atom stereocenters. The zero-order chi connectivity index (χ0) is 7.40. The normalized spacial score (nSPS) is 8.18. The zero-order valence-electron chi connectivity index (χ0n) is 7.87. The fourth-order valence-corrected chi connectivity index (χ4v) is 0.537. The van der Waals surface area contributed by atoms with Crippen LogP contribution in [-0.2, 0) is 0 Å². The number of hydrogen-bond donors (Lipinski definition) is 0. The maximum atomic E-state index is 4.83. The maximum Gasteiger partial charge on any atom is 1.00 e. The van der Waals surface area contributed by atoms with Gasteiger partial charge in [-0.1, -0.05) is 0 Å². The third kappa shape index (κ3) is 3.05. The first kappa shape index (κ1) is 10.7. The molecule has 0 aliphatic rings. The molecule has 1 heterocycles. The van der Waals surface area contributed by atoms with Gasteiger partial charge in [-0.3, -0.25) is 0 Å². The Morgan fingerprint density at radius 3 is 2.64 bits per heavy atom. The van der Waals surface area contributed by atoms with Crippen LogP contribution in [0.3, 0.4) is 0 Å². The standard InChI is InChI=1S/C6H8N2O2.Na.H/c1-9-5-3-4-7-6(8-5)10-2;;/h3-4H,1-2H3;;/q;+1;-1. The summed E-state index contributed by atoms with van der Waals surface area (Å²) in [5.41, 5.74) is 0. The van der Waals surface area contributed by atoms with Crippen LogP contribution in [-0.4, -0.2) is 24.2 Å². The molecule has 5 heteroatoms. The van der Waals surface area contributed by atoms with Crippen molar-refractivity contribution in [3.8, 4) is 11.9 Å². The van der Waals surface area contributed by atoms with Crippen LogP contribution in [0.25, 0.3) is 0 Å². The van der Waals surface area contributed by atoms with E-state index in [4.69, 9.17) is 9.47 Å². The molecule has 0 radical (unpaired) electrons. The van der Waals surface area contributed by atoms with Gasteiger partial charge in [0.25, 0.3) is 0 Å². The van der Waals surface area contributed by atoms with Crippen molar-refractivity contribution in [3.05, 3.63) is 12.3 Å². The second-order valence-electron chi connectivity index (χ2n) is 1.59. The Balaban J connectivity index is 0. The summed E-state index contributed by atoms with van der Waals surface area (Å²) in [6, 6.07) is 1.97. The van der Waals surface area contributed by atoms with Gasteiger partial charge in [0.2, 0.25) is 5.88 Å². The van der Waals surface area contributed by atoms with Gasteiger partial charge >= 0.3 is 35.6 Å². The van der Waals surface area contributed by atoms with Crippen LogP contribution in [0, 0.1) is 0 Å². The van der Waals surface area contributed by atoms with Crippen LogP contribution >= 0.6 is 0 Å². The summed E-state index contributed by atoms with van der Waals surface area (Å²) in [5.74, 6) is 0.506. The summed E-state index contributed by atoms with van der Waals surface area (Å²) in [6.45, 7) is 0. The number of aromatic nitrogens is 2. The minimum Gasteiger partial charge on any atom is -1.00 e. The molecule has 1 rings (SSSR count). The van der Waals surface area contributed by atoms with E-state index in [0.29, 0.717) is 11.9 Å². The molecule has 0 fully saturated rings. The number of ether oxygens (including phenoxy) is 2. The Kier molecular flexibility index (Phi) is 5.19. The summed E-state index contributed by atoms with van der Waals surface area (Å²) < 4.78 is 9.58. The molecule has 0 saturated heterocycles. The molecule has 0 amide bonds. The molecule has 4 nitrogen and oxygen atoms in total. The van der Waals surface area contributed by atoms with Crippen LogP contribution in [0.4, 0.5) is 0 Å². The van der Waals surface area contributed by atoms with Gasteiger partial charge in [0.15, 0.2) is 0 Å². The van der Waals surface area contributed by atoms with Gasteiger partial charge in [-0.15, -0.1) is 0 Å². The Hall–Kier alpha value is -0.320. The first-order valence-corrected chi connectivity index (χ1v) is 2.78. The van der Waals surface area contributed by atoms with E-state index in [0.717, 1.165) is 0 Å². The smallest absolute Gasteiger partial charge is 1.00 e. The topological polar surface area (TPSA) is 44.2 Å². The molecule has 11 heavy (non-hydrogen) atoms. The van der Waals surface area contributed by atoms with Crippen LogP contribution in [0.2, 0.25) is 0 Å². The van der Waals surface area contributed by atoms with Crippen molar-refractivity contribution in [2.24, 2.45) is 0 Å². The van der Waals surface area contributed by atoms with Crippen molar-refractivity contribution in [2.75, 3.05) is 14.2 Å². The van der Waals surface area contributed by atoms with E-state index in [2.05, 4.69) is 9.97 Å². The molecule has 0 unspecified atom stereocenters. The molecule has 0 aliphatic carbocycles. The average Bonchev–Trinajstić information content (AvgIpc) is 2.05. The zero-order valence-corrected chi connectivity index (χ0v) is 8.87. The van der Waals surface area contributed by atoms with Crippen molar-refractivity contribution in [1.29, 1.82) is 0 Å². The number of hydrogen-bond acceptors (Lipinski definition) is 4. The summed E-state index contributed by atoms with van der Waals surface area (Å²) in [4.78, 5) is 7.65. The quantitative estimate of drug-likeness (QED) is 0.457. The van der Waals surface area contributed by atoms with Crippen molar-refractivity contribution >= 4 is 0 Å². The third-order valence-corrected chi connectivity index (χ3v) is 1.000. The largest absolute Gasteiger partial charge is 1.00 e. The molecule has 0 saturated carbocycles. The monoisotopic (exact) mass is 164 g/mol. The molecule has 0 bridgehead atoms. The van der Waals surface area contributed by atoms with E-state index in [1.54, 1.807) is 19.4 Å². The van der Waals surface area contributed by atoms with Gasteiger partial charge in [-0.05, 0) is 0 Å². The van der Waals surface area contributed by atoms with E-state index < -0.39 is 0 Å². The van der Waals surface area contributed by atoms with Gasteiger partial charge in [0.1, 0.15) is 0 Å². The molecule has 1 aromatic heterocycles.